The van der Waals surface area contributed by atoms with E-state index in [1.165, 1.54) is 30.3 Å². The summed E-state index contributed by atoms with van der Waals surface area (Å²) in [5.41, 5.74) is 2.19. The maximum atomic E-state index is 14.1. The van der Waals surface area contributed by atoms with E-state index in [-0.39, 0.29) is 26.7 Å². The lowest BCUT2D eigenvalue weighted by Crippen LogP contribution is -2.21. The van der Waals surface area contributed by atoms with Crippen molar-refractivity contribution in [1.82, 2.24) is 5.32 Å². The minimum Gasteiger partial charge on any atom is -0.341 e. The fourth-order valence-electron chi connectivity index (χ4n) is 4.28. The molecule has 4 aromatic rings. The van der Waals surface area contributed by atoms with Crippen molar-refractivity contribution in [1.29, 1.82) is 5.26 Å². The summed E-state index contributed by atoms with van der Waals surface area (Å²) in [7, 11) is -4.02. The van der Waals surface area contributed by atoms with Crippen LogP contribution in [0.2, 0.25) is 5.02 Å². The second-order valence-electron chi connectivity index (χ2n) is 8.25. The number of amides is 1. The Balaban J connectivity index is 1.77. The topological polar surface area (TPSA) is 99.1 Å². The molecule has 0 saturated carbocycles. The van der Waals surface area contributed by atoms with Gasteiger partial charge in [0.15, 0.2) is 0 Å². The Bertz CT molecular complexity index is 1680. The van der Waals surface area contributed by atoms with Crippen LogP contribution < -0.4 is 10.0 Å². The quantitative estimate of drug-likeness (QED) is 0.385. The molecule has 35 heavy (non-hydrogen) atoms. The van der Waals surface area contributed by atoms with Crippen molar-refractivity contribution >= 4 is 44.0 Å². The molecule has 0 spiro atoms. The zero-order chi connectivity index (χ0) is 24.9. The molecule has 1 aliphatic rings. The summed E-state index contributed by atoms with van der Waals surface area (Å²) < 4.78 is 43.2. The van der Waals surface area contributed by atoms with Crippen LogP contribution in [-0.2, 0) is 10.0 Å². The fraction of sp³-hybridized carbons (Fsp3) is 0.0769. The van der Waals surface area contributed by atoms with Crippen molar-refractivity contribution in [2.24, 2.45) is 0 Å². The van der Waals surface area contributed by atoms with E-state index >= 15 is 0 Å². The molecular weight excluding hydrogens is 489 g/mol. The van der Waals surface area contributed by atoms with E-state index in [0.717, 1.165) is 5.56 Å². The van der Waals surface area contributed by atoms with Gasteiger partial charge in [-0.1, -0.05) is 35.4 Å². The molecule has 0 saturated heterocycles. The third-order valence-electron chi connectivity index (χ3n) is 5.95. The highest BCUT2D eigenvalue weighted by Crippen LogP contribution is 2.43. The highest BCUT2D eigenvalue weighted by atomic mass is 35.5. The first-order valence-corrected chi connectivity index (χ1v) is 12.4. The Morgan fingerprint density at radius 1 is 1.06 bits per heavy atom. The number of sulfonamides is 1. The minimum atomic E-state index is -4.02. The summed E-state index contributed by atoms with van der Waals surface area (Å²) >= 11 is 6.35. The number of hydrogen-bond acceptors (Lipinski definition) is 4. The van der Waals surface area contributed by atoms with Gasteiger partial charge in [0.05, 0.1) is 33.8 Å². The molecule has 6 nitrogen and oxygen atoms in total. The number of hydrogen-bond donors (Lipinski definition) is 2. The summed E-state index contributed by atoms with van der Waals surface area (Å²) in [6.07, 6.45) is 0. The summed E-state index contributed by atoms with van der Waals surface area (Å²) in [6.45, 7) is 1.85. The molecule has 0 radical (unpaired) electrons. The first-order valence-electron chi connectivity index (χ1n) is 10.5. The van der Waals surface area contributed by atoms with Crippen LogP contribution in [0.15, 0.2) is 71.6 Å². The summed E-state index contributed by atoms with van der Waals surface area (Å²) in [4.78, 5) is 13.2. The SMILES string of the molecule is Cc1ccc(S(=O)(=O)Nc2cc3ccc(C#N)cc3c3c2C(c2cc(F)ccc2Cl)NC3=O)cc1. The van der Waals surface area contributed by atoms with Crippen LogP contribution in [0.4, 0.5) is 10.1 Å². The van der Waals surface area contributed by atoms with Crippen LogP contribution in [0, 0.1) is 24.1 Å². The standard InChI is InChI=1S/C26H17ClFN3O3S/c1-14-2-7-18(8-3-14)35(33,34)31-22-11-16-5-4-15(13-29)10-19(16)23-24(22)25(30-26(23)32)20-12-17(28)6-9-21(20)27/h2-12,25,31H,1H3,(H,30,32). The van der Waals surface area contributed by atoms with E-state index < -0.39 is 27.8 Å². The van der Waals surface area contributed by atoms with E-state index in [0.29, 0.717) is 21.9 Å². The number of nitrogens with one attached hydrogen (secondary N) is 2. The molecular formula is C26H17ClFN3O3S. The van der Waals surface area contributed by atoms with Gasteiger partial charge in [0.25, 0.3) is 15.9 Å². The molecule has 0 fully saturated rings. The molecule has 0 bridgehead atoms. The van der Waals surface area contributed by atoms with E-state index in [9.17, 15) is 22.9 Å². The minimum absolute atomic E-state index is 0.0504. The van der Waals surface area contributed by atoms with Gasteiger partial charge < -0.3 is 5.32 Å². The Kier molecular flexibility index (Phi) is 5.47. The highest BCUT2D eigenvalue weighted by molar-refractivity contribution is 7.92. The number of nitrogens with zero attached hydrogens (tertiary/aromatic N) is 1. The molecule has 174 valence electrons. The fourth-order valence-corrected chi connectivity index (χ4v) is 5.57. The number of benzene rings is 4. The first kappa shape index (κ1) is 22.8. The zero-order valence-electron chi connectivity index (χ0n) is 18.3. The third kappa shape index (κ3) is 3.99. The molecule has 1 atom stereocenters. The molecule has 1 unspecified atom stereocenters. The van der Waals surface area contributed by atoms with Crippen LogP contribution >= 0.6 is 11.6 Å². The molecule has 0 aliphatic carbocycles. The van der Waals surface area contributed by atoms with Gasteiger partial charge in [0, 0.05) is 16.1 Å². The lowest BCUT2D eigenvalue weighted by atomic mass is 9.92. The summed E-state index contributed by atoms with van der Waals surface area (Å²) in [5, 5.41) is 13.4. The van der Waals surface area contributed by atoms with Gasteiger partial charge >= 0.3 is 0 Å². The van der Waals surface area contributed by atoms with Gasteiger partial charge in [0.1, 0.15) is 5.82 Å². The molecule has 1 aliphatic heterocycles. The second-order valence-corrected chi connectivity index (χ2v) is 10.3. The number of anilines is 1. The molecule has 1 amide bonds. The van der Waals surface area contributed by atoms with Crippen molar-refractivity contribution < 1.29 is 17.6 Å². The second kappa shape index (κ2) is 8.38. The molecule has 9 heteroatoms. The van der Waals surface area contributed by atoms with Gasteiger partial charge in [-0.05, 0) is 66.2 Å². The van der Waals surface area contributed by atoms with Crippen molar-refractivity contribution in [3.05, 3.63) is 105 Å². The number of carbonyl (C=O) groups excluding carboxylic acids is 1. The highest BCUT2D eigenvalue weighted by Gasteiger charge is 2.36. The number of rotatable bonds is 4. The van der Waals surface area contributed by atoms with Crippen LogP contribution in [0.5, 0.6) is 0 Å². The van der Waals surface area contributed by atoms with Crippen LogP contribution in [-0.4, -0.2) is 14.3 Å². The predicted molar refractivity (Wildman–Crippen MR) is 131 cm³/mol. The van der Waals surface area contributed by atoms with Gasteiger partial charge in [-0.15, -0.1) is 0 Å². The largest absolute Gasteiger partial charge is 0.341 e. The number of aryl methyl sites for hydroxylation is 1. The van der Waals surface area contributed by atoms with E-state index in [4.69, 9.17) is 11.6 Å². The van der Waals surface area contributed by atoms with Gasteiger partial charge in [-0.3, -0.25) is 9.52 Å². The third-order valence-corrected chi connectivity index (χ3v) is 7.67. The number of fused-ring (bicyclic) bond motifs is 3. The molecule has 0 aromatic heterocycles. The lowest BCUT2D eigenvalue weighted by Gasteiger charge is -2.19. The van der Waals surface area contributed by atoms with Crippen molar-refractivity contribution in [2.75, 3.05) is 4.72 Å². The predicted octanol–water partition coefficient (Wildman–Crippen LogP) is 5.45. The molecule has 1 heterocycles. The lowest BCUT2D eigenvalue weighted by molar-refractivity contribution is 0.0962. The van der Waals surface area contributed by atoms with E-state index in [1.807, 2.05) is 13.0 Å². The maximum absolute atomic E-state index is 14.1. The zero-order valence-corrected chi connectivity index (χ0v) is 19.8. The average Bonchev–Trinajstić information content (AvgIpc) is 3.18. The molecule has 5 rings (SSSR count). The monoisotopic (exact) mass is 505 g/mol. The van der Waals surface area contributed by atoms with Gasteiger partial charge in [-0.2, -0.15) is 5.26 Å². The maximum Gasteiger partial charge on any atom is 0.261 e. The van der Waals surface area contributed by atoms with Crippen LogP contribution in [0.25, 0.3) is 10.8 Å². The summed E-state index contributed by atoms with van der Waals surface area (Å²) in [5.74, 6) is -1.04. The number of nitriles is 1. The molecule has 4 aromatic carbocycles. The normalized spacial score (nSPS) is 14.9. The van der Waals surface area contributed by atoms with Crippen molar-refractivity contribution in [2.45, 2.75) is 17.9 Å². The summed E-state index contributed by atoms with van der Waals surface area (Å²) in [6, 6.07) is 17.7. The first-order chi connectivity index (χ1) is 16.7. The van der Waals surface area contributed by atoms with E-state index in [1.54, 1.807) is 36.4 Å². The smallest absolute Gasteiger partial charge is 0.261 e. The van der Waals surface area contributed by atoms with Gasteiger partial charge in [0.2, 0.25) is 0 Å². The average molecular weight is 506 g/mol. The number of carbonyl (C=O) groups is 1. The van der Waals surface area contributed by atoms with Crippen LogP contribution in [0.1, 0.15) is 38.7 Å². The van der Waals surface area contributed by atoms with Crippen LogP contribution in [0.3, 0.4) is 0 Å². The van der Waals surface area contributed by atoms with Gasteiger partial charge in [-0.25, -0.2) is 12.8 Å². The van der Waals surface area contributed by atoms with E-state index in [2.05, 4.69) is 10.0 Å². The molecule has 2 N–H and O–H groups in total. The Labute approximate surface area is 206 Å². The van der Waals surface area contributed by atoms with Crippen molar-refractivity contribution in [3.8, 4) is 6.07 Å². The Morgan fingerprint density at radius 3 is 2.51 bits per heavy atom. The van der Waals surface area contributed by atoms with Crippen molar-refractivity contribution in [3.63, 3.8) is 0 Å². The Morgan fingerprint density at radius 2 is 1.80 bits per heavy atom. The number of halogens is 2. The Hall–Kier alpha value is -3.93.